The minimum atomic E-state index is -0.449. The van der Waals surface area contributed by atoms with Gasteiger partial charge in [0, 0.05) is 29.8 Å². The van der Waals surface area contributed by atoms with Crippen LogP contribution in [0.3, 0.4) is 0 Å². The van der Waals surface area contributed by atoms with Gasteiger partial charge in [-0.3, -0.25) is 0 Å². The Morgan fingerprint density at radius 3 is 2.65 bits per heavy atom. The second kappa shape index (κ2) is 7.00. The molecule has 1 aliphatic heterocycles. The van der Waals surface area contributed by atoms with Gasteiger partial charge in [0.25, 0.3) is 0 Å². The van der Waals surface area contributed by atoms with Crippen LogP contribution < -0.4 is 5.32 Å². The van der Waals surface area contributed by atoms with Gasteiger partial charge in [0.2, 0.25) is 0 Å². The zero-order chi connectivity index (χ0) is 17.2. The molecule has 1 amide bonds. The number of piperidine rings is 1. The van der Waals surface area contributed by atoms with Gasteiger partial charge in [0.1, 0.15) is 5.60 Å². The summed E-state index contributed by atoms with van der Waals surface area (Å²) in [6.45, 7) is 11.3. The number of carbonyl (C=O) groups is 1. The third-order valence-electron chi connectivity index (χ3n) is 4.09. The molecular weight excluding hydrogens is 312 g/mol. The highest BCUT2D eigenvalue weighted by Crippen LogP contribution is 2.26. The molecule has 1 fully saturated rings. The van der Waals surface area contributed by atoms with E-state index in [-0.39, 0.29) is 6.09 Å². The summed E-state index contributed by atoms with van der Waals surface area (Å²) in [5.41, 5.74) is 1.80. The quantitative estimate of drug-likeness (QED) is 0.849. The van der Waals surface area contributed by atoms with E-state index in [4.69, 9.17) is 16.3 Å². The number of rotatable bonds is 2. The Hall–Kier alpha value is -1.42. The van der Waals surface area contributed by atoms with Crippen LogP contribution in [0.4, 0.5) is 10.5 Å². The molecule has 0 aliphatic carbocycles. The molecule has 1 N–H and O–H groups in total. The lowest BCUT2D eigenvalue weighted by Gasteiger charge is -2.38. The second-order valence-corrected chi connectivity index (χ2v) is 7.84. The van der Waals surface area contributed by atoms with Crippen LogP contribution in [-0.4, -0.2) is 35.7 Å². The van der Waals surface area contributed by atoms with Crippen LogP contribution in [0.2, 0.25) is 5.02 Å². The van der Waals surface area contributed by atoms with Crippen molar-refractivity contribution in [1.82, 2.24) is 4.90 Å². The highest BCUT2D eigenvalue weighted by molar-refractivity contribution is 6.30. The van der Waals surface area contributed by atoms with Crippen molar-refractivity contribution in [1.29, 1.82) is 0 Å². The number of halogens is 1. The molecule has 0 saturated carbocycles. The molecule has 1 aromatic rings. The standard InChI is InChI=1S/C18H27ClN2O2/c1-12-10-14(19)6-7-15(12)20-16-8-9-21(11-13(16)2)17(22)23-18(3,4)5/h6-7,10,13,16,20H,8-9,11H2,1-5H3. The maximum Gasteiger partial charge on any atom is 0.410 e. The molecule has 2 unspecified atom stereocenters. The zero-order valence-corrected chi connectivity index (χ0v) is 15.4. The van der Waals surface area contributed by atoms with Crippen molar-refractivity contribution in [2.75, 3.05) is 18.4 Å². The van der Waals surface area contributed by atoms with Crippen molar-refractivity contribution in [3.63, 3.8) is 0 Å². The summed E-state index contributed by atoms with van der Waals surface area (Å²) in [6, 6.07) is 6.22. The van der Waals surface area contributed by atoms with Gasteiger partial charge in [-0.1, -0.05) is 18.5 Å². The maximum absolute atomic E-state index is 12.2. The summed E-state index contributed by atoms with van der Waals surface area (Å²) in [6.07, 6.45) is 0.688. The number of ether oxygens (including phenoxy) is 1. The number of benzene rings is 1. The predicted molar refractivity (Wildman–Crippen MR) is 95.2 cm³/mol. The first-order chi connectivity index (χ1) is 10.7. The van der Waals surface area contributed by atoms with Gasteiger partial charge in [-0.15, -0.1) is 0 Å². The van der Waals surface area contributed by atoms with Crippen LogP contribution in [0.15, 0.2) is 18.2 Å². The molecule has 0 bridgehead atoms. The van der Waals surface area contributed by atoms with Gasteiger partial charge in [-0.25, -0.2) is 4.79 Å². The molecule has 0 spiro atoms. The van der Waals surface area contributed by atoms with Crippen molar-refractivity contribution in [3.8, 4) is 0 Å². The van der Waals surface area contributed by atoms with Gasteiger partial charge < -0.3 is 15.0 Å². The second-order valence-electron chi connectivity index (χ2n) is 7.40. The lowest BCUT2D eigenvalue weighted by molar-refractivity contribution is 0.0165. The van der Waals surface area contributed by atoms with E-state index >= 15 is 0 Å². The van der Waals surface area contributed by atoms with Gasteiger partial charge in [-0.05, 0) is 63.8 Å². The number of amides is 1. The molecule has 5 heteroatoms. The fourth-order valence-corrected chi connectivity index (χ4v) is 3.07. The molecule has 2 atom stereocenters. The number of anilines is 1. The monoisotopic (exact) mass is 338 g/mol. The number of nitrogens with zero attached hydrogens (tertiary/aromatic N) is 1. The number of hydrogen-bond acceptors (Lipinski definition) is 3. The van der Waals surface area contributed by atoms with Gasteiger partial charge in [0.05, 0.1) is 0 Å². The summed E-state index contributed by atoms with van der Waals surface area (Å²) in [4.78, 5) is 14.0. The van der Waals surface area contributed by atoms with Crippen molar-refractivity contribution < 1.29 is 9.53 Å². The summed E-state index contributed by atoms with van der Waals surface area (Å²) >= 11 is 6.01. The number of aryl methyl sites for hydroxylation is 1. The fourth-order valence-electron chi connectivity index (χ4n) is 2.84. The molecular formula is C18H27ClN2O2. The Morgan fingerprint density at radius 2 is 2.09 bits per heavy atom. The summed E-state index contributed by atoms with van der Waals surface area (Å²) in [5.74, 6) is 0.353. The Labute approximate surface area is 144 Å². The van der Waals surface area contributed by atoms with Crippen molar-refractivity contribution in [2.45, 2.75) is 52.7 Å². The lowest BCUT2D eigenvalue weighted by Crippen LogP contribution is -2.49. The highest BCUT2D eigenvalue weighted by Gasteiger charge is 2.31. The van der Waals surface area contributed by atoms with Crippen LogP contribution in [0.1, 0.15) is 39.7 Å². The van der Waals surface area contributed by atoms with Gasteiger partial charge >= 0.3 is 6.09 Å². The van der Waals surface area contributed by atoms with Crippen LogP contribution in [0.25, 0.3) is 0 Å². The van der Waals surface area contributed by atoms with Crippen LogP contribution in [-0.2, 0) is 4.74 Å². The molecule has 1 saturated heterocycles. The summed E-state index contributed by atoms with van der Waals surface area (Å²) in [7, 11) is 0. The van der Waals surface area contributed by atoms with E-state index in [9.17, 15) is 4.79 Å². The van der Waals surface area contributed by atoms with Gasteiger partial charge in [0.15, 0.2) is 0 Å². The first-order valence-electron chi connectivity index (χ1n) is 8.16. The molecule has 0 radical (unpaired) electrons. The van der Waals surface area contributed by atoms with E-state index in [1.807, 2.05) is 43.9 Å². The summed E-state index contributed by atoms with van der Waals surface area (Å²) < 4.78 is 5.46. The van der Waals surface area contributed by atoms with Crippen LogP contribution >= 0.6 is 11.6 Å². The third-order valence-corrected chi connectivity index (χ3v) is 4.32. The third kappa shape index (κ3) is 5.03. The van der Waals surface area contributed by atoms with E-state index in [1.165, 1.54) is 0 Å². The Morgan fingerprint density at radius 1 is 1.39 bits per heavy atom. The molecule has 23 heavy (non-hydrogen) atoms. The molecule has 2 rings (SSSR count). The number of hydrogen-bond donors (Lipinski definition) is 1. The van der Waals surface area contributed by atoms with Crippen LogP contribution in [0, 0.1) is 12.8 Å². The number of likely N-dealkylation sites (tertiary alicyclic amines) is 1. The SMILES string of the molecule is Cc1cc(Cl)ccc1NC1CCN(C(=O)OC(C)(C)C)CC1C. The first kappa shape index (κ1) is 17.9. The topological polar surface area (TPSA) is 41.6 Å². The lowest BCUT2D eigenvalue weighted by atomic mass is 9.93. The average Bonchev–Trinajstić information content (AvgIpc) is 2.41. The first-order valence-corrected chi connectivity index (χ1v) is 8.54. The molecule has 1 aliphatic rings. The number of nitrogens with one attached hydrogen (secondary N) is 1. The minimum absolute atomic E-state index is 0.217. The van der Waals surface area contributed by atoms with E-state index in [1.54, 1.807) is 0 Å². The van der Waals surface area contributed by atoms with Crippen molar-refractivity contribution in [2.24, 2.45) is 5.92 Å². The Bertz CT molecular complexity index is 569. The predicted octanol–water partition coefficient (Wildman–Crippen LogP) is 4.71. The molecule has 1 heterocycles. The average molecular weight is 339 g/mol. The van der Waals surface area contributed by atoms with E-state index in [2.05, 4.69) is 19.2 Å². The molecule has 1 aromatic carbocycles. The maximum atomic E-state index is 12.2. The molecule has 4 nitrogen and oxygen atoms in total. The van der Waals surface area contributed by atoms with Crippen molar-refractivity contribution in [3.05, 3.63) is 28.8 Å². The molecule has 0 aromatic heterocycles. The van der Waals surface area contributed by atoms with Gasteiger partial charge in [-0.2, -0.15) is 0 Å². The van der Waals surface area contributed by atoms with E-state index in [0.29, 0.717) is 25.0 Å². The van der Waals surface area contributed by atoms with E-state index < -0.39 is 5.60 Å². The number of carbonyl (C=O) groups excluding carboxylic acids is 1. The molecule has 128 valence electrons. The smallest absolute Gasteiger partial charge is 0.410 e. The Balaban J connectivity index is 1.95. The fraction of sp³-hybridized carbons (Fsp3) is 0.611. The van der Waals surface area contributed by atoms with Crippen LogP contribution in [0.5, 0.6) is 0 Å². The van der Waals surface area contributed by atoms with E-state index in [0.717, 1.165) is 22.7 Å². The normalized spacial score (nSPS) is 21.9. The summed E-state index contributed by atoms with van der Waals surface area (Å²) in [5, 5.41) is 4.35. The highest BCUT2D eigenvalue weighted by atomic mass is 35.5. The Kier molecular flexibility index (Phi) is 5.45. The largest absolute Gasteiger partial charge is 0.444 e. The van der Waals surface area contributed by atoms with Crippen molar-refractivity contribution >= 4 is 23.4 Å². The minimum Gasteiger partial charge on any atom is -0.444 e. The zero-order valence-electron chi connectivity index (χ0n) is 14.6.